The predicted molar refractivity (Wildman–Crippen MR) is 184 cm³/mol. The van der Waals surface area contributed by atoms with Crippen molar-refractivity contribution in [1.82, 2.24) is 34.1 Å². The number of aromatic nitrogens is 5. The SMILES string of the molecule is C=CC(=O)N1CCC(Oc2ccc(/C=C/C(=O)N3CCC(Oc4cccc(-c5nccn5CC)c4)CC3)c(-c3ncnn3CC)c2)CC1. The van der Waals surface area contributed by atoms with Gasteiger partial charge in [0.15, 0.2) is 5.82 Å². The molecule has 4 heterocycles. The van der Waals surface area contributed by atoms with Crippen molar-refractivity contribution in [1.29, 1.82) is 0 Å². The molecule has 250 valence electrons. The number of aryl methyl sites for hydroxylation is 2. The number of amides is 2. The van der Waals surface area contributed by atoms with Gasteiger partial charge in [-0.15, -0.1) is 0 Å². The smallest absolute Gasteiger partial charge is 0.246 e. The van der Waals surface area contributed by atoms with Gasteiger partial charge < -0.3 is 23.8 Å². The van der Waals surface area contributed by atoms with Gasteiger partial charge in [0.1, 0.15) is 35.9 Å². The molecule has 11 nitrogen and oxygen atoms in total. The molecular weight excluding hydrogens is 606 g/mol. The fourth-order valence-electron chi connectivity index (χ4n) is 6.35. The molecule has 2 aromatic carbocycles. The van der Waals surface area contributed by atoms with E-state index in [-0.39, 0.29) is 24.0 Å². The molecule has 2 amide bonds. The van der Waals surface area contributed by atoms with Crippen LogP contribution in [-0.4, -0.2) is 84.3 Å². The first kappa shape index (κ1) is 32.7. The molecule has 0 saturated carbocycles. The number of hydrogen-bond donors (Lipinski definition) is 0. The van der Waals surface area contributed by atoms with Gasteiger partial charge in [0.2, 0.25) is 11.8 Å². The first-order valence-electron chi connectivity index (χ1n) is 16.8. The lowest BCUT2D eigenvalue weighted by molar-refractivity contribution is -0.128. The number of nitrogens with zero attached hydrogens (tertiary/aromatic N) is 7. The van der Waals surface area contributed by atoms with Gasteiger partial charge in [-0.2, -0.15) is 5.10 Å². The molecule has 0 atom stereocenters. The van der Waals surface area contributed by atoms with Crippen molar-refractivity contribution in [2.45, 2.75) is 64.8 Å². The van der Waals surface area contributed by atoms with Crippen molar-refractivity contribution in [3.63, 3.8) is 0 Å². The molecule has 0 radical (unpaired) electrons. The number of carbonyl (C=O) groups excluding carboxylic acids is 2. The maximum atomic E-state index is 13.3. The second-order valence-electron chi connectivity index (χ2n) is 12.0. The third-order valence-electron chi connectivity index (χ3n) is 9.02. The topological polar surface area (TPSA) is 108 Å². The summed E-state index contributed by atoms with van der Waals surface area (Å²) in [6.45, 7) is 11.7. The molecule has 2 aliphatic heterocycles. The molecule has 0 spiro atoms. The number of hydrogen-bond acceptors (Lipinski definition) is 7. The summed E-state index contributed by atoms with van der Waals surface area (Å²) in [5.74, 6) is 3.09. The van der Waals surface area contributed by atoms with Crippen LogP contribution < -0.4 is 9.47 Å². The van der Waals surface area contributed by atoms with Gasteiger partial charge in [0.25, 0.3) is 0 Å². The van der Waals surface area contributed by atoms with Crippen LogP contribution in [0.25, 0.3) is 28.9 Å². The van der Waals surface area contributed by atoms with Crippen molar-refractivity contribution in [2.75, 3.05) is 26.2 Å². The Hall–Kier alpha value is -5.19. The molecule has 0 bridgehead atoms. The Labute approximate surface area is 281 Å². The van der Waals surface area contributed by atoms with E-state index in [1.165, 1.54) is 6.08 Å². The van der Waals surface area contributed by atoms with Crippen LogP contribution in [0.3, 0.4) is 0 Å². The molecule has 0 N–H and O–H groups in total. The molecular formula is C37H43N7O4. The Morgan fingerprint density at radius 3 is 2.21 bits per heavy atom. The quantitative estimate of drug-likeness (QED) is 0.198. The fraction of sp³-hybridized carbons (Fsp3) is 0.378. The molecule has 48 heavy (non-hydrogen) atoms. The molecule has 6 rings (SSSR count). The molecule has 2 fully saturated rings. The summed E-state index contributed by atoms with van der Waals surface area (Å²) in [5.41, 5.74) is 2.72. The Bertz CT molecular complexity index is 1760. The van der Waals surface area contributed by atoms with E-state index >= 15 is 0 Å². The van der Waals surface area contributed by atoms with Crippen molar-refractivity contribution in [3.8, 4) is 34.3 Å². The summed E-state index contributed by atoms with van der Waals surface area (Å²) in [4.78, 5) is 38.0. The minimum Gasteiger partial charge on any atom is -0.490 e. The van der Waals surface area contributed by atoms with Gasteiger partial charge in [0, 0.05) is 94.5 Å². The van der Waals surface area contributed by atoms with E-state index in [1.807, 2.05) is 77.4 Å². The zero-order valence-electron chi connectivity index (χ0n) is 27.7. The molecule has 11 heteroatoms. The van der Waals surface area contributed by atoms with Gasteiger partial charge >= 0.3 is 0 Å². The van der Waals surface area contributed by atoms with E-state index in [0.29, 0.717) is 38.5 Å². The Morgan fingerprint density at radius 2 is 1.54 bits per heavy atom. The van der Waals surface area contributed by atoms with Gasteiger partial charge in [0.05, 0.1) is 0 Å². The second kappa shape index (κ2) is 15.1. The number of imidazole rings is 1. The minimum absolute atomic E-state index is 0.000000536. The van der Waals surface area contributed by atoms with Gasteiger partial charge in [-0.3, -0.25) is 9.59 Å². The van der Waals surface area contributed by atoms with Gasteiger partial charge in [-0.1, -0.05) is 24.8 Å². The molecule has 2 saturated heterocycles. The summed E-state index contributed by atoms with van der Waals surface area (Å²) >= 11 is 0. The third-order valence-corrected chi connectivity index (χ3v) is 9.02. The lowest BCUT2D eigenvalue weighted by atomic mass is 10.0. The number of piperidine rings is 2. The highest BCUT2D eigenvalue weighted by atomic mass is 16.5. The van der Waals surface area contributed by atoms with Crippen LogP contribution in [0.4, 0.5) is 0 Å². The Balaban J connectivity index is 1.08. The average molecular weight is 650 g/mol. The van der Waals surface area contributed by atoms with E-state index < -0.39 is 0 Å². The van der Waals surface area contributed by atoms with Crippen LogP contribution in [0.2, 0.25) is 0 Å². The van der Waals surface area contributed by atoms with Gasteiger partial charge in [-0.05, 0) is 55.8 Å². The maximum absolute atomic E-state index is 13.3. The second-order valence-corrected chi connectivity index (χ2v) is 12.0. The standard InChI is InChI=1S/C37H43N7O4/c1-4-34(45)42-19-14-30(15-20-42)48-32-12-10-27(33(25-32)37-39-26-40-44(37)6-3)11-13-35(46)43-21-16-29(17-22-43)47-31-9-7-8-28(24-31)36-38-18-23-41(36)5-2/h4,7-13,18,23-26,29-30H,1,5-6,14-17,19-22H2,2-3H3/b13-11+. The van der Waals surface area contributed by atoms with E-state index in [2.05, 4.69) is 33.1 Å². The summed E-state index contributed by atoms with van der Waals surface area (Å²) in [5, 5.41) is 4.37. The van der Waals surface area contributed by atoms with Crippen molar-refractivity contribution < 1.29 is 19.1 Å². The predicted octanol–water partition coefficient (Wildman–Crippen LogP) is 5.49. The molecule has 0 aliphatic carbocycles. The van der Waals surface area contributed by atoms with Crippen LogP contribution in [0.15, 0.2) is 79.9 Å². The molecule has 2 aliphatic rings. The maximum Gasteiger partial charge on any atom is 0.246 e. The zero-order valence-corrected chi connectivity index (χ0v) is 27.7. The molecule has 4 aromatic rings. The highest BCUT2D eigenvalue weighted by molar-refractivity contribution is 5.93. The number of likely N-dealkylation sites (tertiary alicyclic amines) is 2. The first-order chi connectivity index (χ1) is 23.4. The Morgan fingerprint density at radius 1 is 0.854 bits per heavy atom. The van der Waals surface area contributed by atoms with Crippen LogP contribution >= 0.6 is 0 Å². The summed E-state index contributed by atoms with van der Waals surface area (Å²) in [7, 11) is 0. The van der Waals surface area contributed by atoms with Gasteiger partial charge in [-0.25, -0.2) is 14.6 Å². The lowest BCUT2D eigenvalue weighted by Crippen LogP contribution is -2.41. The zero-order chi connectivity index (χ0) is 33.5. The van der Waals surface area contributed by atoms with E-state index in [9.17, 15) is 9.59 Å². The largest absolute Gasteiger partial charge is 0.490 e. The lowest BCUT2D eigenvalue weighted by Gasteiger charge is -2.31. The highest BCUT2D eigenvalue weighted by Gasteiger charge is 2.25. The van der Waals surface area contributed by atoms with Crippen LogP contribution in [0.5, 0.6) is 11.5 Å². The number of rotatable bonds is 11. The summed E-state index contributed by atoms with van der Waals surface area (Å²) in [6.07, 6.45) is 13.2. The van der Waals surface area contributed by atoms with E-state index in [1.54, 1.807) is 17.3 Å². The number of ether oxygens (including phenoxy) is 2. The average Bonchev–Trinajstić information content (AvgIpc) is 3.81. The van der Waals surface area contributed by atoms with Crippen LogP contribution in [-0.2, 0) is 22.7 Å². The van der Waals surface area contributed by atoms with E-state index in [4.69, 9.17) is 9.47 Å². The molecule has 2 aromatic heterocycles. The highest BCUT2D eigenvalue weighted by Crippen LogP contribution is 2.30. The Kier molecular flexibility index (Phi) is 10.3. The minimum atomic E-state index is -0.0453. The summed E-state index contributed by atoms with van der Waals surface area (Å²) < 4.78 is 16.6. The molecule has 0 unspecified atom stereocenters. The van der Waals surface area contributed by atoms with Crippen molar-refractivity contribution in [3.05, 3.63) is 85.5 Å². The van der Waals surface area contributed by atoms with Crippen molar-refractivity contribution in [2.24, 2.45) is 0 Å². The number of carbonyl (C=O) groups is 2. The van der Waals surface area contributed by atoms with Crippen LogP contribution in [0, 0.1) is 0 Å². The number of benzene rings is 2. The summed E-state index contributed by atoms with van der Waals surface area (Å²) in [6, 6.07) is 13.9. The van der Waals surface area contributed by atoms with Crippen LogP contribution in [0.1, 0.15) is 45.1 Å². The first-order valence-corrected chi connectivity index (χ1v) is 16.8. The fourth-order valence-corrected chi connectivity index (χ4v) is 6.35. The van der Waals surface area contributed by atoms with Crippen molar-refractivity contribution >= 4 is 17.9 Å². The third kappa shape index (κ3) is 7.51. The monoisotopic (exact) mass is 649 g/mol. The van der Waals surface area contributed by atoms with E-state index in [0.717, 1.165) is 66.2 Å². The normalized spacial score (nSPS) is 16.0.